The van der Waals surface area contributed by atoms with Gasteiger partial charge in [-0.2, -0.15) is 0 Å². The number of methoxy groups -OCH3 is 1. The molecular formula is C7H14O3. The molecular weight excluding hydrogens is 132 g/mol. The number of ether oxygens (including phenoxy) is 2. The van der Waals surface area contributed by atoms with E-state index in [-0.39, 0.29) is 12.1 Å². The lowest BCUT2D eigenvalue weighted by atomic mass is 10.3. The third kappa shape index (κ3) is 5.56. The van der Waals surface area contributed by atoms with Crippen LogP contribution in [-0.2, 0) is 14.3 Å². The molecule has 0 aromatic carbocycles. The summed E-state index contributed by atoms with van der Waals surface area (Å²) in [6.45, 7) is 3.78. The molecule has 0 saturated carbocycles. The van der Waals surface area contributed by atoms with Gasteiger partial charge in [-0.15, -0.1) is 0 Å². The van der Waals surface area contributed by atoms with Gasteiger partial charge in [-0.1, -0.05) is 0 Å². The van der Waals surface area contributed by atoms with Gasteiger partial charge in [-0.3, -0.25) is 4.79 Å². The number of carbonyl (C=O) groups is 1. The van der Waals surface area contributed by atoms with Gasteiger partial charge in [-0.05, 0) is 6.92 Å². The van der Waals surface area contributed by atoms with Crippen LogP contribution in [0.1, 0.15) is 20.3 Å². The number of hydrogen-bond donors (Lipinski definition) is 0. The fraction of sp³-hybridized carbons (Fsp3) is 0.857. The minimum Gasteiger partial charge on any atom is -0.466 e. The van der Waals surface area contributed by atoms with Gasteiger partial charge in [0, 0.05) is 20.5 Å². The molecule has 0 amide bonds. The van der Waals surface area contributed by atoms with Gasteiger partial charge in [0.1, 0.15) is 0 Å². The molecule has 0 aromatic heterocycles. The van der Waals surface area contributed by atoms with Crippen molar-refractivity contribution in [2.24, 2.45) is 0 Å². The Morgan fingerprint density at radius 2 is 2.20 bits per heavy atom. The minimum atomic E-state index is -0.233. The predicted molar refractivity (Wildman–Crippen MR) is 37.7 cm³/mol. The molecule has 3 nitrogen and oxygen atoms in total. The zero-order valence-electron chi connectivity index (χ0n) is 6.72. The molecule has 3 heteroatoms. The largest absolute Gasteiger partial charge is 0.466 e. The van der Waals surface area contributed by atoms with E-state index in [4.69, 9.17) is 9.47 Å². The Morgan fingerprint density at radius 1 is 1.60 bits per heavy atom. The first-order chi connectivity index (χ1) is 4.66. The molecule has 0 spiro atoms. The smallest absolute Gasteiger partial charge is 0.302 e. The van der Waals surface area contributed by atoms with Crippen molar-refractivity contribution in [3.8, 4) is 0 Å². The van der Waals surface area contributed by atoms with Crippen LogP contribution in [0.4, 0.5) is 0 Å². The molecule has 0 unspecified atom stereocenters. The summed E-state index contributed by atoms with van der Waals surface area (Å²) < 4.78 is 9.64. The summed E-state index contributed by atoms with van der Waals surface area (Å²) in [5.74, 6) is -0.233. The molecule has 0 N–H and O–H groups in total. The number of esters is 1. The zero-order chi connectivity index (χ0) is 7.98. The Hall–Kier alpha value is -0.570. The lowest BCUT2D eigenvalue weighted by Crippen LogP contribution is -2.10. The fourth-order valence-electron chi connectivity index (χ4n) is 0.486. The highest BCUT2D eigenvalue weighted by atomic mass is 16.5. The zero-order valence-corrected chi connectivity index (χ0v) is 6.72. The summed E-state index contributed by atoms with van der Waals surface area (Å²) in [5, 5.41) is 0. The maximum Gasteiger partial charge on any atom is 0.302 e. The molecule has 0 aromatic rings. The molecule has 10 heavy (non-hydrogen) atoms. The Balaban J connectivity index is 3.11. The molecule has 0 aliphatic heterocycles. The van der Waals surface area contributed by atoms with Crippen LogP contribution in [0.3, 0.4) is 0 Å². The first kappa shape index (κ1) is 9.43. The maximum atomic E-state index is 10.3. The van der Waals surface area contributed by atoms with E-state index in [1.807, 2.05) is 6.92 Å². The van der Waals surface area contributed by atoms with Crippen LogP contribution < -0.4 is 0 Å². The Kier molecular flexibility index (Phi) is 4.94. The molecule has 0 bridgehead atoms. The number of hydrogen-bond acceptors (Lipinski definition) is 3. The van der Waals surface area contributed by atoms with Gasteiger partial charge < -0.3 is 9.47 Å². The average molecular weight is 146 g/mol. The van der Waals surface area contributed by atoms with Crippen molar-refractivity contribution in [3.05, 3.63) is 0 Å². The highest BCUT2D eigenvalue weighted by molar-refractivity contribution is 5.65. The van der Waals surface area contributed by atoms with Gasteiger partial charge in [-0.25, -0.2) is 0 Å². The van der Waals surface area contributed by atoms with E-state index in [1.54, 1.807) is 7.11 Å². The van der Waals surface area contributed by atoms with Crippen molar-refractivity contribution in [2.75, 3.05) is 13.7 Å². The van der Waals surface area contributed by atoms with Gasteiger partial charge in [0.15, 0.2) is 0 Å². The van der Waals surface area contributed by atoms with E-state index in [0.29, 0.717) is 6.61 Å². The van der Waals surface area contributed by atoms with Crippen LogP contribution in [0.5, 0.6) is 0 Å². The van der Waals surface area contributed by atoms with Crippen molar-refractivity contribution in [2.45, 2.75) is 26.4 Å². The topological polar surface area (TPSA) is 35.5 Å². The second kappa shape index (κ2) is 5.23. The summed E-state index contributed by atoms with van der Waals surface area (Å²) in [5.41, 5.74) is 0. The molecule has 60 valence electrons. The van der Waals surface area contributed by atoms with Crippen LogP contribution >= 0.6 is 0 Å². The first-order valence-electron chi connectivity index (χ1n) is 3.33. The highest BCUT2D eigenvalue weighted by Gasteiger charge is 1.99. The summed E-state index contributed by atoms with van der Waals surface area (Å²) in [6.07, 6.45) is 0.926. The fourth-order valence-corrected chi connectivity index (χ4v) is 0.486. The summed E-state index contributed by atoms with van der Waals surface area (Å²) in [4.78, 5) is 10.3. The average Bonchev–Trinajstić information content (AvgIpc) is 1.87. The SMILES string of the molecule is CO[C@@H](C)CCOC(C)=O. The number of carbonyl (C=O) groups excluding carboxylic acids is 1. The summed E-state index contributed by atoms with van der Waals surface area (Å²) in [6, 6.07) is 0. The Morgan fingerprint density at radius 3 is 2.60 bits per heavy atom. The molecule has 0 saturated heterocycles. The maximum absolute atomic E-state index is 10.3. The molecule has 1 atom stereocenters. The van der Waals surface area contributed by atoms with Crippen molar-refractivity contribution in [1.82, 2.24) is 0 Å². The molecule has 0 heterocycles. The van der Waals surface area contributed by atoms with Gasteiger partial charge >= 0.3 is 5.97 Å². The van der Waals surface area contributed by atoms with E-state index >= 15 is 0 Å². The van der Waals surface area contributed by atoms with Gasteiger partial charge in [0.25, 0.3) is 0 Å². The van der Waals surface area contributed by atoms with Crippen LogP contribution in [0.15, 0.2) is 0 Å². The quantitative estimate of drug-likeness (QED) is 0.554. The van der Waals surface area contributed by atoms with Crippen LogP contribution in [0.2, 0.25) is 0 Å². The predicted octanol–water partition coefficient (Wildman–Crippen LogP) is 0.974. The molecule has 0 fully saturated rings. The summed E-state index contributed by atoms with van der Waals surface area (Å²) in [7, 11) is 1.64. The van der Waals surface area contributed by atoms with E-state index in [1.165, 1.54) is 6.92 Å². The van der Waals surface area contributed by atoms with E-state index in [0.717, 1.165) is 6.42 Å². The Bertz CT molecular complexity index is 101. The van der Waals surface area contributed by atoms with Crippen molar-refractivity contribution in [3.63, 3.8) is 0 Å². The van der Waals surface area contributed by atoms with E-state index in [2.05, 4.69) is 0 Å². The molecule has 0 rings (SSSR count). The monoisotopic (exact) mass is 146 g/mol. The second-order valence-corrected chi connectivity index (χ2v) is 2.18. The molecule has 0 aliphatic carbocycles. The van der Waals surface area contributed by atoms with Crippen molar-refractivity contribution < 1.29 is 14.3 Å². The van der Waals surface area contributed by atoms with Gasteiger partial charge in [0.2, 0.25) is 0 Å². The standard InChI is InChI=1S/C7H14O3/c1-6(9-3)4-5-10-7(2)8/h6H,4-5H2,1-3H3/t6-/m0/s1. The third-order valence-electron chi connectivity index (χ3n) is 1.23. The van der Waals surface area contributed by atoms with Crippen LogP contribution in [-0.4, -0.2) is 25.8 Å². The second-order valence-electron chi connectivity index (χ2n) is 2.18. The third-order valence-corrected chi connectivity index (χ3v) is 1.23. The minimum absolute atomic E-state index is 0.166. The first-order valence-corrected chi connectivity index (χ1v) is 3.33. The van der Waals surface area contributed by atoms with E-state index in [9.17, 15) is 4.79 Å². The summed E-state index contributed by atoms with van der Waals surface area (Å²) >= 11 is 0. The molecule has 0 aliphatic rings. The van der Waals surface area contributed by atoms with Crippen LogP contribution in [0.25, 0.3) is 0 Å². The van der Waals surface area contributed by atoms with Crippen molar-refractivity contribution >= 4 is 5.97 Å². The lowest BCUT2D eigenvalue weighted by Gasteiger charge is -2.07. The van der Waals surface area contributed by atoms with Crippen molar-refractivity contribution in [1.29, 1.82) is 0 Å². The van der Waals surface area contributed by atoms with E-state index < -0.39 is 0 Å². The normalized spacial score (nSPS) is 12.7. The van der Waals surface area contributed by atoms with Gasteiger partial charge in [0.05, 0.1) is 12.7 Å². The number of rotatable bonds is 4. The molecule has 0 radical (unpaired) electrons. The highest BCUT2D eigenvalue weighted by Crippen LogP contribution is 1.94. The van der Waals surface area contributed by atoms with Crippen LogP contribution in [0, 0.1) is 0 Å². The lowest BCUT2D eigenvalue weighted by molar-refractivity contribution is -0.141. The Labute approximate surface area is 61.3 Å².